The van der Waals surface area contributed by atoms with E-state index in [0.717, 1.165) is 49.2 Å². The molecule has 0 bridgehead atoms. The Morgan fingerprint density at radius 2 is 2.05 bits per heavy atom. The molecule has 1 amide bonds. The molecule has 0 spiro atoms. The van der Waals surface area contributed by atoms with Crippen LogP contribution >= 0.6 is 0 Å². The van der Waals surface area contributed by atoms with Gasteiger partial charge in [0.15, 0.2) is 0 Å². The van der Waals surface area contributed by atoms with Gasteiger partial charge in [-0.15, -0.1) is 0 Å². The van der Waals surface area contributed by atoms with E-state index in [-0.39, 0.29) is 5.91 Å². The Bertz CT molecular complexity index is 450. The van der Waals surface area contributed by atoms with Crippen LogP contribution in [0.5, 0.6) is 0 Å². The Labute approximate surface area is 122 Å². The highest BCUT2D eigenvalue weighted by Crippen LogP contribution is 2.19. The van der Waals surface area contributed by atoms with E-state index >= 15 is 0 Å². The summed E-state index contributed by atoms with van der Waals surface area (Å²) in [5.74, 6) is 0.198. The van der Waals surface area contributed by atoms with Crippen LogP contribution in [0.15, 0.2) is 18.2 Å². The van der Waals surface area contributed by atoms with Crippen molar-refractivity contribution in [3.05, 3.63) is 34.9 Å². The Morgan fingerprint density at radius 1 is 1.35 bits per heavy atom. The average molecular weight is 274 g/mol. The summed E-state index contributed by atoms with van der Waals surface area (Å²) >= 11 is 0. The third kappa shape index (κ3) is 3.40. The standard InChI is InChI=1S/C17H26N2O/c1-4-10-18-15-9-6-11-19(12-15)17(20)16-13(2)7-5-8-14(16)3/h5,7-8,15,18H,4,6,9-12H2,1-3H3. The summed E-state index contributed by atoms with van der Waals surface area (Å²) in [5, 5.41) is 3.54. The van der Waals surface area contributed by atoms with Crippen molar-refractivity contribution in [2.45, 2.75) is 46.1 Å². The Hall–Kier alpha value is -1.35. The molecule has 1 aromatic carbocycles. The molecule has 3 nitrogen and oxygen atoms in total. The molecule has 1 heterocycles. The van der Waals surface area contributed by atoms with Crippen LogP contribution in [0.1, 0.15) is 47.7 Å². The number of rotatable bonds is 4. The van der Waals surface area contributed by atoms with Gasteiger partial charge in [-0.05, 0) is 50.8 Å². The van der Waals surface area contributed by atoms with Gasteiger partial charge in [-0.3, -0.25) is 4.79 Å². The first-order valence-electron chi connectivity index (χ1n) is 7.72. The van der Waals surface area contributed by atoms with Gasteiger partial charge in [-0.25, -0.2) is 0 Å². The van der Waals surface area contributed by atoms with Gasteiger partial charge >= 0.3 is 0 Å². The van der Waals surface area contributed by atoms with Crippen molar-refractivity contribution in [2.24, 2.45) is 0 Å². The van der Waals surface area contributed by atoms with Crippen LogP contribution in [0, 0.1) is 13.8 Å². The number of nitrogens with one attached hydrogen (secondary N) is 1. The van der Waals surface area contributed by atoms with E-state index in [4.69, 9.17) is 0 Å². The van der Waals surface area contributed by atoms with Gasteiger partial charge in [-0.1, -0.05) is 25.1 Å². The van der Waals surface area contributed by atoms with E-state index in [9.17, 15) is 4.79 Å². The maximum absolute atomic E-state index is 12.8. The molecule has 1 unspecified atom stereocenters. The number of carbonyl (C=O) groups excluding carboxylic acids is 1. The van der Waals surface area contributed by atoms with Crippen LogP contribution in [0.25, 0.3) is 0 Å². The molecular formula is C17H26N2O. The molecule has 0 radical (unpaired) electrons. The van der Waals surface area contributed by atoms with E-state index in [2.05, 4.69) is 12.2 Å². The number of amides is 1. The summed E-state index contributed by atoms with van der Waals surface area (Å²) in [6.07, 6.45) is 3.41. The van der Waals surface area contributed by atoms with E-state index in [1.54, 1.807) is 0 Å². The summed E-state index contributed by atoms with van der Waals surface area (Å²) in [7, 11) is 0. The predicted octanol–water partition coefficient (Wildman–Crippen LogP) is 2.91. The molecule has 3 heteroatoms. The van der Waals surface area contributed by atoms with Crippen molar-refractivity contribution in [1.29, 1.82) is 0 Å². The van der Waals surface area contributed by atoms with Crippen LogP contribution in [0.2, 0.25) is 0 Å². The molecule has 1 saturated heterocycles. The Morgan fingerprint density at radius 3 is 2.70 bits per heavy atom. The smallest absolute Gasteiger partial charge is 0.254 e. The molecule has 0 saturated carbocycles. The van der Waals surface area contributed by atoms with Crippen molar-refractivity contribution in [3.8, 4) is 0 Å². The third-order valence-electron chi connectivity index (χ3n) is 4.09. The second kappa shape index (κ2) is 6.89. The number of piperidine rings is 1. The quantitative estimate of drug-likeness (QED) is 0.915. The number of aryl methyl sites for hydroxylation is 2. The number of carbonyl (C=O) groups is 1. The van der Waals surface area contributed by atoms with Gasteiger partial charge in [-0.2, -0.15) is 0 Å². The minimum Gasteiger partial charge on any atom is -0.337 e. The van der Waals surface area contributed by atoms with Crippen molar-refractivity contribution in [1.82, 2.24) is 10.2 Å². The van der Waals surface area contributed by atoms with Gasteiger partial charge < -0.3 is 10.2 Å². The van der Waals surface area contributed by atoms with Gasteiger partial charge in [0.2, 0.25) is 0 Å². The highest BCUT2D eigenvalue weighted by Gasteiger charge is 2.25. The zero-order chi connectivity index (χ0) is 14.5. The van der Waals surface area contributed by atoms with Gasteiger partial charge in [0, 0.05) is 24.7 Å². The second-order valence-corrected chi connectivity index (χ2v) is 5.81. The Balaban J connectivity index is 2.08. The van der Waals surface area contributed by atoms with E-state index in [0.29, 0.717) is 6.04 Å². The lowest BCUT2D eigenvalue weighted by Gasteiger charge is -2.34. The molecule has 1 aliphatic rings. The summed E-state index contributed by atoms with van der Waals surface area (Å²) in [4.78, 5) is 14.8. The molecule has 20 heavy (non-hydrogen) atoms. The van der Waals surface area contributed by atoms with Crippen LogP contribution in [-0.2, 0) is 0 Å². The van der Waals surface area contributed by atoms with Crippen LogP contribution in [0.4, 0.5) is 0 Å². The van der Waals surface area contributed by atoms with E-state index in [1.165, 1.54) is 6.42 Å². The van der Waals surface area contributed by atoms with Crippen molar-refractivity contribution >= 4 is 5.91 Å². The van der Waals surface area contributed by atoms with Crippen LogP contribution in [0.3, 0.4) is 0 Å². The maximum atomic E-state index is 12.8. The molecule has 2 rings (SSSR count). The highest BCUT2D eigenvalue weighted by atomic mass is 16.2. The van der Waals surface area contributed by atoms with E-state index in [1.807, 2.05) is 36.9 Å². The molecule has 0 aliphatic carbocycles. The number of nitrogens with zero attached hydrogens (tertiary/aromatic N) is 1. The lowest BCUT2D eigenvalue weighted by molar-refractivity contribution is 0.0693. The summed E-state index contributed by atoms with van der Waals surface area (Å²) in [5.41, 5.74) is 3.06. The molecule has 0 aromatic heterocycles. The number of hydrogen-bond donors (Lipinski definition) is 1. The number of benzene rings is 1. The predicted molar refractivity (Wildman–Crippen MR) is 83.1 cm³/mol. The highest BCUT2D eigenvalue weighted by molar-refractivity contribution is 5.97. The van der Waals surface area contributed by atoms with Crippen LogP contribution < -0.4 is 5.32 Å². The van der Waals surface area contributed by atoms with Gasteiger partial charge in [0.25, 0.3) is 5.91 Å². The SMILES string of the molecule is CCCNC1CCCN(C(=O)c2c(C)cccc2C)C1. The van der Waals surface area contributed by atoms with Crippen LogP contribution in [-0.4, -0.2) is 36.5 Å². The van der Waals surface area contributed by atoms with Crippen molar-refractivity contribution in [2.75, 3.05) is 19.6 Å². The maximum Gasteiger partial charge on any atom is 0.254 e. The zero-order valence-electron chi connectivity index (χ0n) is 12.9. The first-order chi connectivity index (χ1) is 9.63. The van der Waals surface area contributed by atoms with Gasteiger partial charge in [0.05, 0.1) is 0 Å². The summed E-state index contributed by atoms with van der Waals surface area (Å²) in [6.45, 7) is 8.99. The molecule has 1 atom stereocenters. The molecule has 1 aliphatic heterocycles. The fourth-order valence-corrected chi connectivity index (χ4v) is 2.99. The minimum atomic E-state index is 0.198. The third-order valence-corrected chi connectivity index (χ3v) is 4.09. The zero-order valence-corrected chi connectivity index (χ0v) is 12.9. The van der Waals surface area contributed by atoms with Gasteiger partial charge in [0.1, 0.15) is 0 Å². The lowest BCUT2D eigenvalue weighted by atomic mass is 9.99. The summed E-state index contributed by atoms with van der Waals surface area (Å²) in [6, 6.07) is 6.52. The average Bonchev–Trinajstić information content (AvgIpc) is 2.45. The first kappa shape index (κ1) is 15.0. The fourth-order valence-electron chi connectivity index (χ4n) is 2.99. The fraction of sp³-hybridized carbons (Fsp3) is 0.588. The lowest BCUT2D eigenvalue weighted by Crippen LogP contribution is -2.48. The second-order valence-electron chi connectivity index (χ2n) is 5.81. The molecule has 1 fully saturated rings. The minimum absolute atomic E-state index is 0.198. The number of likely N-dealkylation sites (tertiary alicyclic amines) is 1. The summed E-state index contributed by atoms with van der Waals surface area (Å²) < 4.78 is 0. The first-order valence-corrected chi connectivity index (χ1v) is 7.72. The molecule has 1 N–H and O–H groups in total. The molecule has 110 valence electrons. The van der Waals surface area contributed by atoms with Crippen molar-refractivity contribution in [3.63, 3.8) is 0 Å². The monoisotopic (exact) mass is 274 g/mol. The number of hydrogen-bond acceptors (Lipinski definition) is 2. The largest absolute Gasteiger partial charge is 0.337 e. The molecule has 1 aromatic rings. The Kier molecular flexibility index (Phi) is 5.18. The molecular weight excluding hydrogens is 248 g/mol. The van der Waals surface area contributed by atoms with Crippen molar-refractivity contribution < 1.29 is 4.79 Å². The topological polar surface area (TPSA) is 32.3 Å². The normalized spacial score (nSPS) is 19.1. The van der Waals surface area contributed by atoms with E-state index < -0.39 is 0 Å².